The van der Waals surface area contributed by atoms with Crippen molar-refractivity contribution in [2.45, 2.75) is 32.7 Å². The minimum absolute atomic E-state index is 0.0993. The Morgan fingerprint density at radius 2 is 1.85 bits per heavy atom. The SMILES string of the molecule is CCC(=O)N1N=C(c2ccccc2C)C[C@H]1c1ccccc1NS(C)(=O)=O. The molecule has 7 heteroatoms. The predicted molar refractivity (Wildman–Crippen MR) is 107 cm³/mol. The molecule has 1 aliphatic heterocycles. The Labute approximate surface area is 159 Å². The average molecular weight is 385 g/mol. The summed E-state index contributed by atoms with van der Waals surface area (Å²) < 4.78 is 26.1. The molecular weight excluding hydrogens is 362 g/mol. The standard InChI is InChI=1S/C20H23N3O3S/c1-4-20(24)23-19(13-18(21-23)15-10-6-5-9-14(15)2)16-11-7-8-12-17(16)22-27(3,25)26/h5-12,19,22H,4,13H2,1-3H3/t19-/m0/s1. The minimum Gasteiger partial charge on any atom is -0.283 e. The van der Waals surface area contributed by atoms with Gasteiger partial charge in [0.2, 0.25) is 15.9 Å². The van der Waals surface area contributed by atoms with Crippen molar-refractivity contribution in [3.63, 3.8) is 0 Å². The Hall–Kier alpha value is -2.67. The molecule has 1 N–H and O–H groups in total. The van der Waals surface area contributed by atoms with E-state index < -0.39 is 10.0 Å². The third-order valence-corrected chi connectivity index (χ3v) is 5.13. The molecule has 0 spiro atoms. The molecule has 1 amide bonds. The Bertz CT molecular complexity index is 999. The smallest absolute Gasteiger partial charge is 0.242 e. The molecule has 0 bridgehead atoms. The summed E-state index contributed by atoms with van der Waals surface area (Å²) in [6.07, 6.45) is 1.96. The number of carbonyl (C=O) groups is 1. The van der Waals surface area contributed by atoms with Crippen LogP contribution in [-0.2, 0) is 14.8 Å². The zero-order chi connectivity index (χ0) is 19.6. The number of carbonyl (C=O) groups excluding carboxylic acids is 1. The molecule has 6 nitrogen and oxygen atoms in total. The average Bonchev–Trinajstić information content (AvgIpc) is 3.05. The third kappa shape index (κ3) is 4.19. The van der Waals surface area contributed by atoms with Crippen molar-refractivity contribution in [2.75, 3.05) is 11.0 Å². The number of nitrogens with one attached hydrogen (secondary N) is 1. The van der Waals surface area contributed by atoms with Crippen molar-refractivity contribution < 1.29 is 13.2 Å². The molecular formula is C20H23N3O3S. The van der Waals surface area contributed by atoms with Crippen LogP contribution < -0.4 is 4.72 Å². The van der Waals surface area contributed by atoms with Crippen LogP contribution in [0.2, 0.25) is 0 Å². The van der Waals surface area contributed by atoms with Crippen LogP contribution >= 0.6 is 0 Å². The lowest BCUT2D eigenvalue weighted by Gasteiger charge is -2.24. The number of benzene rings is 2. The summed E-state index contributed by atoms with van der Waals surface area (Å²) in [6, 6.07) is 14.7. The molecule has 0 aliphatic carbocycles. The van der Waals surface area contributed by atoms with Gasteiger partial charge in [0.1, 0.15) is 0 Å². The largest absolute Gasteiger partial charge is 0.283 e. The third-order valence-electron chi connectivity index (χ3n) is 4.54. The molecule has 0 aromatic heterocycles. The molecule has 2 aromatic carbocycles. The summed E-state index contributed by atoms with van der Waals surface area (Å²) in [5.74, 6) is -0.0993. The summed E-state index contributed by atoms with van der Waals surface area (Å²) in [5, 5.41) is 6.10. The fourth-order valence-electron chi connectivity index (χ4n) is 3.28. The van der Waals surface area contributed by atoms with E-state index in [0.29, 0.717) is 18.5 Å². The first-order chi connectivity index (χ1) is 12.8. The van der Waals surface area contributed by atoms with Crippen molar-refractivity contribution in [1.82, 2.24) is 5.01 Å². The number of hydrazone groups is 1. The summed E-state index contributed by atoms with van der Waals surface area (Å²) >= 11 is 0. The van der Waals surface area contributed by atoms with E-state index in [4.69, 9.17) is 0 Å². The number of hydrogen-bond acceptors (Lipinski definition) is 4. The maximum Gasteiger partial charge on any atom is 0.242 e. The highest BCUT2D eigenvalue weighted by Crippen LogP contribution is 2.37. The first kappa shape index (κ1) is 19.1. The number of para-hydroxylation sites is 1. The van der Waals surface area contributed by atoms with Gasteiger partial charge in [-0.15, -0.1) is 0 Å². The van der Waals surface area contributed by atoms with Crippen molar-refractivity contribution in [2.24, 2.45) is 5.10 Å². The maximum absolute atomic E-state index is 12.5. The highest BCUT2D eigenvalue weighted by atomic mass is 32.2. The highest BCUT2D eigenvalue weighted by molar-refractivity contribution is 7.92. The summed E-state index contributed by atoms with van der Waals surface area (Å²) in [7, 11) is -3.44. The van der Waals surface area contributed by atoms with Gasteiger partial charge in [-0.05, 0) is 18.6 Å². The van der Waals surface area contributed by atoms with Crippen LogP contribution in [0.15, 0.2) is 53.6 Å². The number of aryl methyl sites for hydroxylation is 1. The number of nitrogens with zero attached hydrogens (tertiary/aromatic N) is 2. The van der Waals surface area contributed by atoms with E-state index >= 15 is 0 Å². The molecule has 1 heterocycles. The molecule has 0 fully saturated rings. The van der Waals surface area contributed by atoms with Gasteiger partial charge in [0.05, 0.1) is 23.7 Å². The number of anilines is 1. The van der Waals surface area contributed by atoms with E-state index in [-0.39, 0.29) is 11.9 Å². The van der Waals surface area contributed by atoms with E-state index in [1.54, 1.807) is 19.1 Å². The van der Waals surface area contributed by atoms with E-state index in [2.05, 4.69) is 9.82 Å². The van der Waals surface area contributed by atoms with Crippen LogP contribution in [0.4, 0.5) is 5.69 Å². The number of amides is 1. The van der Waals surface area contributed by atoms with Crippen molar-refractivity contribution in [1.29, 1.82) is 0 Å². The second kappa shape index (κ2) is 7.52. The van der Waals surface area contributed by atoms with Crippen molar-refractivity contribution >= 4 is 27.3 Å². The summed E-state index contributed by atoms with van der Waals surface area (Å²) in [5.41, 5.74) is 4.12. The quantitative estimate of drug-likeness (QED) is 0.856. The van der Waals surface area contributed by atoms with Gasteiger partial charge in [0, 0.05) is 24.0 Å². The molecule has 3 rings (SSSR count). The second-order valence-electron chi connectivity index (χ2n) is 6.63. The molecule has 0 unspecified atom stereocenters. The molecule has 0 radical (unpaired) electrons. The maximum atomic E-state index is 12.5. The van der Waals surface area contributed by atoms with Crippen LogP contribution in [0.3, 0.4) is 0 Å². The van der Waals surface area contributed by atoms with Crippen LogP contribution in [0, 0.1) is 6.92 Å². The Kier molecular flexibility index (Phi) is 5.32. The topological polar surface area (TPSA) is 78.8 Å². The van der Waals surface area contributed by atoms with Crippen molar-refractivity contribution in [3.8, 4) is 0 Å². The minimum atomic E-state index is -3.44. The van der Waals surface area contributed by atoms with Gasteiger partial charge < -0.3 is 0 Å². The van der Waals surface area contributed by atoms with Gasteiger partial charge in [-0.1, -0.05) is 49.4 Å². The highest BCUT2D eigenvalue weighted by Gasteiger charge is 2.34. The number of rotatable bonds is 5. The predicted octanol–water partition coefficient (Wildman–Crippen LogP) is 3.45. The van der Waals surface area contributed by atoms with Crippen LogP contribution in [0.1, 0.15) is 42.5 Å². The molecule has 142 valence electrons. The lowest BCUT2D eigenvalue weighted by atomic mass is 9.95. The molecule has 1 aliphatic rings. The van der Waals surface area contributed by atoms with Gasteiger partial charge >= 0.3 is 0 Å². The van der Waals surface area contributed by atoms with Crippen molar-refractivity contribution in [3.05, 3.63) is 65.2 Å². The zero-order valence-corrected chi connectivity index (χ0v) is 16.5. The monoisotopic (exact) mass is 385 g/mol. The van der Waals surface area contributed by atoms with E-state index in [1.165, 1.54) is 5.01 Å². The Balaban J connectivity index is 2.04. The first-order valence-corrected chi connectivity index (χ1v) is 10.7. The molecule has 0 saturated heterocycles. The lowest BCUT2D eigenvalue weighted by molar-refractivity contribution is -0.132. The molecule has 27 heavy (non-hydrogen) atoms. The fraction of sp³-hybridized carbons (Fsp3) is 0.300. The summed E-state index contributed by atoms with van der Waals surface area (Å²) in [4.78, 5) is 12.5. The molecule has 0 saturated carbocycles. The van der Waals surface area contributed by atoms with Gasteiger partial charge in [-0.25, -0.2) is 13.4 Å². The van der Waals surface area contributed by atoms with Gasteiger partial charge in [0.25, 0.3) is 0 Å². The van der Waals surface area contributed by atoms with Gasteiger partial charge in [-0.2, -0.15) is 5.10 Å². The molecule has 1 atom stereocenters. The van der Waals surface area contributed by atoms with E-state index in [0.717, 1.165) is 28.7 Å². The fourth-order valence-corrected chi connectivity index (χ4v) is 3.87. The van der Waals surface area contributed by atoms with Gasteiger partial charge in [-0.3, -0.25) is 9.52 Å². The van der Waals surface area contributed by atoms with Crippen LogP contribution in [-0.4, -0.2) is 31.3 Å². The van der Waals surface area contributed by atoms with E-state index in [9.17, 15) is 13.2 Å². The lowest BCUT2D eigenvalue weighted by Crippen LogP contribution is -2.27. The first-order valence-electron chi connectivity index (χ1n) is 8.82. The Morgan fingerprint density at radius 1 is 1.19 bits per heavy atom. The number of hydrogen-bond donors (Lipinski definition) is 1. The summed E-state index contributed by atoms with van der Waals surface area (Å²) in [6.45, 7) is 3.80. The normalized spacial score (nSPS) is 16.9. The van der Waals surface area contributed by atoms with Gasteiger partial charge in [0.15, 0.2) is 0 Å². The second-order valence-corrected chi connectivity index (χ2v) is 8.38. The Morgan fingerprint density at radius 3 is 2.52 bits per heavy atom. The van der Waals surface area contributed by atoms with Crippen LogP contribution in [0.5, 0.6) is 0 Å². The number of sulfonamides is 1. The molecule has 2 aromatic rings. The van der Waals surface area contributed by atoms with E-state index in [1.807, 2.05) is 43.3 Å². The van der Waals surface area contributed by atoms with Crippen LogP contribution in [0.25, 0.3) is 0 Å². The zero-order valence-electron chi connectivity index (χ0n) is 15.6.